The Balaban J connectivity index is 2.17. The summed E-state index contributed by atoms with van der Waals surface area (Å²) in [5.74, 6) is -0.254. The van der Waals surface area contributed by atoms with E-state index in [2.05, 4.69) is 0 Å². The van der Waals surface area contributed by atoms with Gasteiger partial charge in [-0.25, -0.2) is 4.79 Å². The van der Waals surface area contributed by atoms with Crippen LogP contribution in [0.15, 0.2) is 60.7 Å². The van der Waals surface area contributed by atoms with E-state index in [9.17, 15) is 9.59 Å². The molecule has 0 bridgehead atoms. The predicted octanol–water partition coefficient (Wildman–Crippen LogP) is 3.08. The fourth-order valence-electron chi connectivity index (χ4n) is 2.24. The zero-order valence-electron chi connectivity index (χ0n) is 14.5. The molecule has 0 fully saturated rings. The largest absolute Gasteiger partial charge is 0.496 e. The normalized spacial score (nSPS) is 11.8. The maximum absolute atomic E-state index is 12.4. The molecule has 0 saturated carbocycles. The predicted molar refractivity (Wildman–Crippen MR) is 96.0 cm³/mol. The summed E-state index contributed by atoms with van der Waals surface area (Å²) in [5, 5.41) is 0. The molecule has 0 aliphatic heterocycles. The molecule has 0 radical (unpaired) electrons. The molecular formula is C20H21NO4. The Kier molecular flexibility index (Phi) is 6.34. The fourth-order valence-corrected chi connectivity index (χ4v) is 2.24. The molecule has 2 aromatic rings. The minimum absolute atomic E-state index is 0.301. The molecule has 2 rings (SSSR count). The summed E-state index contributed by atoms with van der Waals surface area (Å²) < 4.78 is 10.6. The monoisotopic (exact) mass is 339 g/mol. The molecular weight excluding hydrogens is 318 g/mol. The minimum atomic E-state index is -0.981. The number of para-hydroxylation sites is 1. The first kappa shape index (κ1) is 18.3. The van der Waals surface area contributed by atoms with Crippen LogP contribution < -0.4 is 4.74 Å². The molecule has 0 unspecified atom stereocenters. The van der Waals surface area contributed by atoms with Gasteiger partial charge in [-0.3, -0.25) is 4.79 Å². The molecule has 130 valence electrons. The summed E-state index contributed by atoms with van der Waals surface area (Å²) in [5.41, 5.74) is 1.37. The summed E-state index contributed by atoms with van der Waals surface area (Å²) in [4.78, 5) is 26.0. The van der Waals surface area contributed by atoms with Crippen molar-refractivity contribution in [1.82, 2.24) is 4.90 Å². The zero-order valence-corrected chi connectivity index (χ0v) is 14.5. The number of hydrogen-bond donors (Lipinski definition) is 0. The van der Waals surface area contributed by atoms with E-state index >= 15 is 0 Å². The van der Waals surface area contributed by atoms with Crippen molar-refractivity contribution in [2.45, 2.75) is 6.10 Å². The van der Waals surface area contributed by atoms with Crippen LogP contribution in [-0.2, 0) is 14.3 Å². The van der Waals surface area contributed by atoms with Gasteiger partial charge in [0.1, 0.15) is 5.75 Å². The first-order chi connectivity index (χ1) is 12.0. The van der Waals surface area contributed by atoms with Crippen molar-refractivity contribution in [2.75, 3.05) is 21.2 Å². The van der Waals surface area contributed by atoms with Gasteiger partial charge in [0.2, 0.25) is 6.10 Å². The van der Waals surface area contributed by atoms with Crippen molar-refractivity contribution in [3.63, 3.8) is 0 Å². The van der Waals surface area contributed by atoms with Crippen LogP contribution in [0.4, 0.5) is 0 Å². The Hall–Kier alpha value is -3.08. The zero-order chi connectivity index (χ0) is 18.2. The molecule has 0 heterocycles. The highest BCUT2D eigenvalue weighted by Crippen LogP contribution is 2.21. The summed E-state index contributed by atoms with van der Waals surface area (Å²) in [7, 11) is 4.81. The van der Waals surface area contributed by atoms with Crippen LogP contribution in [0.5, 0.6) is 5.75 Å². The second-order valence-corrected chi connectivity index (χ2v) is 5.54. The van der Waals surface area contributed by atoms with Crippen molar-refractivity contribution in [2.24, 2.45) is 0 Å². The second-order valence-electron chi connectivity index (χ2n) is 5.54. The number of ether oxygens (including phenoxy) is 2. The summed E-state index contributed by atoms with van der Waals surface area (Å²) >= 11 is 0. The molecule has 0 N–H and O–H groups in total. The quantitative estimate of drug-likeness (QED) is 0.599. The van der Waals surface area contributed by atoms with Gasteiger partial charge in [0.25, 0.3) is 5.91 Å². The molecule has 0 aliphatic carbocycles. The topological polar surface area (TPSA) is 55.8 Å². The molecule has 1 atom stereocenters. The molecule has 5 heteroatoms. The highest BCUT2D eigenvalue weighted by molar-refractivity contribution is 5.91. The van der Waals surface area contributed by atoms with Gasteiger partial charge in [0.05, 0.1) is 7.11 Å². The molecule has 0 spiro atoms. The Morgan fingerprint density at radius 3 is 2.28 bits per heavy atom. The second kappa shape index (κ2) is 8.68. The van der Waals surface area contributed by atoms with Crippen molar-refractivity contribution in [3.8, 4) is 5.75 Å². The highest BCUT2D eigenvalue weighted by atomic mass is 16.5. The molecule has 0 aliphatic rings. The Labute approximate surface area is 147 Å². The van der Waals surface area contributed by atoms with Gasteiger partial charge in [-0.05, 0) is 12.1 Å². The lowest BCUT2D eigenvalue weighted by Gasteiger charge is -2.20. The first-order valence-corrected chi connectivity index (χ1v) is 7.80. The van der Waals surface area contributed by atoms with E-state index in [-0.39, 0.29) is 5.91 Å². The third-order valence-electron chi connectivity index (χ3n) is 3.54. The van der Waals surface area contributed by atoms with Crippen molar-refractivity contribution in [3.05, 3.63) is 71.8 Å². The SMILES string of the molecule is COc1ccccc1/C=C/C(=O)O[C@H](C(=O)N(C)C)c1ccccc1. The smallest absolute Gasteiger partial charge is 0.331 e. The number of benzene rings is 2. The van der Waals surface area contributed by atoms with E-state index in [0.717, 1.165) is 5.56 Å². The number of carbonyl (C=O) groups is 2. The van der Waals surface area contributed by atoms with Crippen molar-refractivity contribution >= 4 is 18.0 Å². The number of esters is 1. The molecule has 5 nitrogen and oxygen atoms in total. The van der Waals surface area contributed by atoms with Gasteiger partial charge in [0.15, 0.2) is 0 Å². The van der Waals surface area contributed by atoms with Crippen LogP contribution in [0.2, 0.25) is 0 Å². The average molecular weight is 339 g/mol. The van der Waals surface area contributed by atoms with Crippen LogP contribution >= 0.6 is 0 Å². The standard InChI is InChI=1S/C20H21NO4/c1-21(2)20(23)19(16-10-5-4-6-11-16)25-18(22)14-13-15-9-7-8-12-17(15)24-3/h4-14,19H,1-3H3/b14-13+/t19-/m0/s1. The third-order valence-corrected chi connectivity index (χ3v) is 3.54. The Morgan fingerprint density at radius 2 is 1.64 bits per heavy atom. The first-order valence-electron chi connectivity index (χ1n) is 7.80. The van der Waals surface area contributed by atoms with Gasteiger partial charge in [-0.1, -0.05) is 48.5 Å². The number of rotatable bonds is 6. The number of likely N-dealkylation sites (N-methyl/N-ethyl adjacent to an activating group) is 1. The van der Waals surface area contributed by atoms with E-state index in [1.807, 2.05) is 24.3 Å². The van der Waals surface area contributed by atoms with E-state index in [1.165, 1.54) is 11.0 Å². The van der Waals surface area contributed by atoms with E-state index in [0.29, 0.717) is 11.3 Å². The fraction of sp³-hybridized carbons (Fsp3) is 0.200. The van der Waals surface area contributed by atoms with Gasteiger partial charge in [-0.15, -0.1) is 0 Å². The lowest BCUT2D eigenvalue weighted by Crippen LogP contribution is -2.30. The molecule has 1 amide bonds. The number of amides is 1. The maximum atomic E-state index is 12.4. The molecule has 0 saturated heterocycles. The van der Waals surface area contributed by atoms with Crippen LogP contribution in [-0.4, -0.2) is 38.0 Å². The number of nitrogens with zero attached hydrogens (tertiary/aromatic N) is 1. The highest BCUT2D eigenvalue weighted by Gasteiger charge is 2.25. The number of methoxy groups -OCH3 is 1. The van der Waals surface area contributed by atoms with Gasteiger partial charge in [0, 0.05) is 31.3 Å². The van der Waals surface area contributed by atoms with Crippen LogP contribution in [0.25, 0.3) is 6.08 Å². The van der Waals surface area contributed by atoms with Crippen LogP contribution in [0, 0.1) is 0 Å². The lowest BCUT2D eigenvalue weighted by atomic mass is 10.1. The van der Waals surface area contributed by atoms with E-state index in [4.69, 9.17) is 9.47 Å². The van der Waals surface area contributed by atoms with Crippen molar-refractivity contribution < 1.29 is 19.1 Å². The summed E-state index contributed by atoms with van der Waals surface area (Å²) in [6.45, 7) is 0. The lowest BCUT2D eigenvalue weighted by molar-refractivity contribution is -0.155. The van der Waals surface area contributed by atoms with E-state index in [1.54, 1.807) is 57.6 Å². The Bertz CT molecular complexity index is 753. The van der Waals surface area contributed by atoms with Crippen LogP contribution in [0.3, 0.4) is 0 Å². The average Bonchev–Trinajstić information content (AvgIpc) is 2.64. The summed E-state index contributed by atoms with van der Waals surface area (Å²) in [6.07, 6.45) is 1.91. The third kappa shape index (κ3) is 4.94. The van der Waals surface area contributed by atoms with Crippen molar-refractivity contribution in [1.29, 1.82) is 0 Å². The Morgan fingerprint density at radius 1 is 1.00 bits per heavy atom. The molecule has 0 aromatic heterocycles. The number of hydrogen-bond acceptors (Lipinski definition) is 4. The molecule has 25 heavy (non-hydrogen) atoms. The molecule has 2 aromatic carbocycles. The van der Waals surface area contributed by atoms with Gasteiger partial charge in [-0.2, -0.15) is 0 Å². The maximum Gasteiger partial charge on any atom is 0.331 e. The minimum Gasteiger partial charge on any atom is -0.496 e. The van der Waals surface area contributed by atoms with Gasteiger partial charge >= 0.3 is 5.97 Å². The van der Waals surface area contributed by atoms with E-state index < -0.39 is 12.1 Å². The summed E-state index contributed by atoms with van der Waals surface area (Å²) in [6, 6.07) is 16.2. The van der Waals surface area contributed by atoms with Crippen LogP contribution in [0.1, 0.15) is 17.2 Å². The number of carbonyl (C=O) groups excluding carboxylic acids is 2. The van der Waals surface area contributed by atoms with Gasteiger partial charge < -0.3 is 14.4 Å².